The smallest absolute Gasteiger partial charge is 0.183 e. The number of nitrogens with zero attached hydrogens (tertiary/aromatic N) is 1. The van der Waals surface area contributed by atoms with Crippen LogP contribution in [0.1, 0.15) is 0 Å². The fourth-order valence-corrected chi connectivity index (χ4v) is 1.80. The summed E-state index contributed by atoms with van der Waals surface area (Å²) in [6.45, 7) is 0. The van der Waals surface area contributed by atoms with Gasteiger partial charge in [0.2, 0.25) is 0 Å². The molecule has 0 unspecified atom stereocenters. The van der Waals surface area contributed by atoms with Crippen molar-refractivity contribution in [3.05, 3.63) is 33.6 Å². The third-order valence-electron chi connectivity index (χ3n) is 1.61. The van der Waals surface area contributed by atoms with E-state index in [2.05, 4.69) is 9.97 Å². The molecule has 0 amide bonds. The van der Waals surface area contributed by atoms with E-state index < -0.39 is 5.82 Å². The van der Waals surface area contributed by atoms with E-state index in [0.717, 1.165) is 5.56 Å². The SMILES string of the molecule is Fc1c(-c2ccsc2)[nH]cnc1=S. The molecular weight excluding hydrogens is 207 g/mol. The predicted molar refractivity (Wildman–Crippen MR) is 52.7 cm³/mol. The second kappa shape index (κ2) is 3.35. The molecule has 5 heteroatoms. The molecule has 2 aromatic heterocycles. The Morgan fingerprint density at radius 1 is 1.54 bits per heavy atom. The monoisotopic (exact) mass is 212 g/mol. The predicted octanol–water partition coefficient (Wildman–Crippen LogP) is 3.01. The van der Waals surface area contributed by atoms with Gasteiger partial charge in [0.15, 0.2) is 10.5 Å². The Bertz CT molecular complexity index is 461. The summed E-state index contributed by atoms with van der Waals surface area (Å²) in [5.74, 6) is -0.462. The number of aromatic amines is 1. The van der Waals surface area contributed by atoms with Gasteiger partial charge >= 0.3 is 0 Å². The molecule has 0 aromatic carbocycles. The van der Waals surface area contributed by atoms with E-state index in [1.807, 2.05) is 16.8 Å². The Morgan fingerprint density at radius 3 is 3.08 bits per heavy atom. The maximum Gasteiger partial charge on any atom is 0.183 e. The van der Waals surface area contributed by atoms with Crippen LogP contribution in [-0.2, 0) is 0 Å². The van der Waals surface area contributed by atoms with Crippen molar-refractivity contribution in [1.82, 2.24) is 9.97 Å². The summed E-state index contributed by atoms with van der Waals surface area (Å²) in [4.78, 5) is 6.37. The minimum atomic E-state index is -0.462. The highest BCUT2D eigenvalue weighted by atomic mass is 32.1. The number of halogens is 1. The first kappa shape index (κ1) is 8.52. The quantitative estimate of drug-likeness (QED) is 0.736. The van der Waals surface area contributed by atoms with Crippen molar-refractivity contribution in [3.63, 3.8) is 0 Å². The van der Waals surface area contributed by atoms with Crippen molar-refractivity contribution >= 4 is 23.6 Å². The lowest BCUT2D eigenvalue weighted by Gasteiger charge is -1.98. The first-order chi connectivity index (χ1) is 6.29. The van der Waals surface area contributed by atoms with E-state index in [4.69, 9.17) is 12.2 Å². The van der Waals surface area contributed by atoms with Crippen LogP contribution in [-0.4, -0.2) is 9.97 Å². The zero-order valence-electron chi connectivity index (χ0n) is 6.45. The van der Waals surface area contributed by atoms with Crippen LogP contribution >= 0.6 is 23.6 Å². The van der Waals surface area contributed by atoms with E-state index in [1.165, 1.54) is 17.7 Å². The highest BCUT2D eigenvalue weighted by Crippen LogP contribution is 2.22. The second-order valence-corrected chi connectivity index (χ2v) is 3.58. The van der Waals surface area contributed by atoms with Gasteiger partial charge in [0.1, 0.15) is 0 Å². The summed E-state index contributed by atoms with van der Waals surface area (Å²) in [5.41, 5.74) is 1.21. The molecule has 0 fully saturated rings. The van der Waals surface area contributed by atoms with E-state index in [0.29, 0.717) is 5.69 Å². The van der Waals surface area contributed by atoms with Gasteiger partial charge in [-0.1, -0.05) is 12.2 Å². The van der Waals surface area contributed by atoms with Crippen LogP contribution in [0.3, 0.4) is 0 Å². The molecule has 0 atom stereocenters. The minimum Gasteiger partial charge on any atom is -0.343 e. The van der Waals surface area contributed by atoms with Gasteiger partial charge < -0.3 is 4.98 Å². The van der Waals surface area contributed by atoms with E-state index in [-0.39, 0.29) is 4.64 Å². The molecule has 0 aliphatic carbocycles. The maximum absolute atomic E-state index is 13.4. The molecule has 2 rings (SSSR count). The number of thiophene rings is 1. The Hall–Kier alpha value is -1.07. The molecule has 13 heavy (non-hydrogen) atoms. The summed E-state index contributed by atoms with van der Waals surface area (Å²) < 4.78 is 13.4. The van der Waals surface area contributed by atoms with Gasteiger partial charge in [0, 0.05) is 10.9 Å². The Kier molecular flexibility index (Phi) is 2.20. The summed E-state index contributed by atoms with van der Waals surface area (Å²) in [6, 6.07) is 1.83. The average Bonchev–Trinajstić information content (AvgIpc) is 2.62. The molecule has 0 aliphatic heterocycles. The van der Waals surface area contributed by atoms with Gasteiger partial charge in [0.05, 0.1) is 12.0 Å². The lowest BCUT2D eigenvalue weighted by molar-refractivity contribution is 0.613. The van der Waals surface area contributed by atoms with Gasteiger partial charge in [-0.15, -0.1) is 0 Å². The Morgan fingerprint density at radius 2 is 2.38 bits per heavy atom. The number of aromatic nitrogens is 2. The second-order valence-electron chi connectivity index (χ2n) is 2.41. The number of hydrogen-bond acceptors (Lipinski definition) is 3. The summed E-state index contributed by atoms with van der Waals surface area (Å²) in [5, 5.41) is 3.73. The molecule has 2 nitrogen and oxygen atoms in total. The zero-order chi connectivity index (χ0) is 9.26. The topological polar surface area (TPSA) is 28.7 Å². The highest BCUT2D eigenvalue weighted by molar-refractivity contribution is 7.71. The molecule has 1 N–H and O–H groups in total. The fraction of sp³-hybridized carbons (Fsp3) is 0. The van der Waals surface area contributed by atoms with Crippen LogP contribution in [0.2, 0.25) is 0 Å². The van der Waals surface area contributed by atoms with Crippen LogP contribution < -0.4 is 0 Å². The van der Waals surface area contributed by atoms with Gasteiger partial charge in [-0.3, -0.25) is 0 Å². The molecule has 0 saturated carbocycles. The van der Waals surface area contributed by atoms with E-state index in [1.54, 1.807) is 0 Å². The Balaban J connectivity index is 2.66. The third-order valence-corrected chi connectivity index (χ3v) is 2.58. The summed E-state index contributed by atoms with van der Waals surface area (Å²) >= 11 is 6.22. The number of nitrogens with one attached hydrogen (secondary N) is 1. The Labute approximate surface area is 83.1 Å². The number of rotatable bonds is 1. The normalized spacial score (nSPS) is 10.2. The largest absolute Gasteiger partial charge is 0.343 e. The average molecular weight is 212 g/mol. The molecule has 0 aliphatic rings. The number of H-pyrrole nitrogens is 1. The van der Waals surface area contributed by atoms with Crippen molar-refractivity contribution in [3.8, 4) is 11.3 Å². The van der Waals surface area contributed by atoms with Gasteiger partial charge in [-0.05, 0) is 11.4 Å². The van der Waals surface area contributed by atoms with Crippen LogP contribution in [0.5, 0.6) is 0 Å². The first-order valence-corrected chi connectivity index (χ1v) is 4.90. The van der Waals surface area contributed by atoms with Crippen LogP contribution in [0.4, 0.5) is 4.39 Å². The fourth-order valence-electron chi connectivity index (χ4n) is 0.999. The highest BCUT2D eigenvalue weighted by Gasteiger charge is 2.06. The van der Waals surface area contributed by atoms with Crippen LogP contribution in [0, 0.1) is 10.5 Å². The molecular formula is C8H5FN2S2. The molecule has 2 aromatic rings. The van der Waals surface area contributed by atoms with Crippen molar-refractivity contribution in [2.75, 3.05) is 0 Å². The van der Waals surface area contributed by atoms with E-state index in [9.17, 15) is 4.39 Å². The van der Waals surface area contributed by atoms with Crippen molar-refractivity contribution in [1.29, 1.82) is 0 Å². The third kappa shape index (κ3) is 1.52. The molecule has 0 spiro atoms. The molecule has 0 saturated heterocycles. The first-order valence-electron chi connectivity index (χ1n) is 3.55. The maximum atomic E-state index is 13.4. The molecule has 66 valence electrons. The summed E-state index contributed by atoms with van der Waals surface area (Å²) in [7, 11) is 0. The zero-order valence-corrected chi connectivity index (χ0v) is 8.08. The van der Waals surface area contributed by atoms with Crippen LogP contribution in [0.15, 0.2) is 23.2 Å². The summed E-state index contributed by atoms with van der Waals surface area (Å²) in [6.07, 6.45) is 1.40. The van der Waals surface area contributed by atoms with Gasteiger partial charge in [-0.2, -0.15) is 11.3 Å². The van der Waals surface area contributed by atoms with Crippen LogP contribution in [0.25, 0.3) is 11.3 Å². The van der Waals surface area contributed by atoms with E-state index >= 15 is 0 Å². The minimum absolute atomic E-state index is 0.0000463. The standard InChI is InChI=1S/C8H5FN2S2/c9-6-7(5-1-2-13-3-5)10-4-11-8(6)12/h1-4H,(H,10,11,12). The van der Waals surface area contributed by atoms with Crippen molar-refractivity contribution in [2.24, 2.45) is 0 Å². The molecule has 0 bridgehead atoms. The molecule has 0 radical (unpaired) electrons. The lowest BCUT2D eigenvalue weighted by atomic mass is 10.2. The van der Waals surface area contributed by atoms with Gasteiger partial charge in [0.25, 0.3) is 0 Å². The van der Waals surface area contributed by atoms with Gasteiger partial charge in [-0.25, -0.2) is 9.37 Å². The van der Waals surface area contributed by atoms with Crippen molar-refractivity contribution < 1.29 is 4.39 Å². The lowest BCUT2D eigenvalue weighted by Crippen LogP contribution is -1.90. The molecule has 2 heterocycles. The number of hydrogen-bond donors (Lipinski definition) is 1. The van der Waals surface area contributed by atoms with Crippen molar-refractivity contribution in [2.45, 2.75) is 0 Å².